The molecule has 130 valence electrons. The van der Waals surface area contributed by atoms with Crippen LogP contribution in [0.2, 0.25) is 0 Å². The maximum atomic E-state index is 5.65. The Hall–Kier alpha value is -2.24. The molecule has 0 radical (unpaired) electrons. The minimum Gasteiger partial charge on any atom is -0.378 e. The molecule has 1 saturated heterocycles. The highest BCUT2D eigenvalue weighted by molar-refractivity contribution is 5.76. The zero-order valence-electron chi connectivity index (χ0n) is 14.6. The van der Waals surface area contributed by atoms with Gasteiger partial charge in [-0.1, -0.05) is 43.7 Å². The third-order valence-electron chi connectivity index (χ3n) is 4.85. The Morgan fingerprint density at radius 3 is 2.92 bits per heavy atom. The maximum Gasteiger partial charge on any atom is 0.162 e. The van der Waals surface area contributed by atoms with Crippen molar-refractivity contribution >= 4 is 5.65 Å². The molecule has 3 aromatic rings. The summed E-state index contributed by atoms with van der Waals surface area (Å²) >= 11 is 0. The van der Waals surface area contributed by atoms with Crippen molar-refractivity contribution in [2.75, 3.05) is 19.8 Å². The third-order valence-corrected chi connectivity index (χ3v) is 4.85. The van der Waals surface area contributed by atoms with Gasteiger partial charge in [0, 0.05) is 42.7 Å². The lowest BCUT2D eigenvalue weighted by Gasteiger charge is -2.35. The smallest absolute Gasteiger partial charge is 0.162 e. The van der Waals surface area contributed by atoms with Crippen LogP contribution in [0.25, 0.3) is 16.8 Å². The van der Waals surface area contributed by atoms with Gasteiger partial charge in [-0.15, -0.1) is 0 Å². The number of fused-ring (bicyclic) bond motifs is 1. The van der Waals surface area contributed by atoms with Gasteiger partial charge in [0.15, 0.2) is 5.65 Å². The minimum absolute atomic E-state index is 0.506. The largest absolute Gasteiger partial charge is 0.378 e. The van der Waals surface area contributed by atoms with Gasteiger partial charge in [-0.25, -0.2) is 9.50 Å². The number of aromatic nitrogens is 3. The van der Waals surface area contributed by atoms with E-state index in [0.29, 0.717) is 6.04 Å². The van der Waals surface area contributed by atoms with Gasteiger partial charge >= 0.3 is 0 Å². The van der Waals surface area contributed by atoms with Gasteiger partial charge in [0.25, 0.3) is 0 Å². The maximum absolute atomic E-state index is 5.65. The molecule has 5 nitrogen and oxygen atoms in total. The minimum atomic E-state index is 0.506. The first kappa shape index (κ1) is 16.2. The van der Waals surface area contributed by atoms with Crippen LogP contribution in [-0.2, 0) is 11.3 Å². The quantitative estimate of drug-likeness (QED) is 0.716. The van der Waals surface area contributed by atoms with E-state index < -0.39 is 0 Å². The molecule has 1 aliphatic rings. The van der Waals surface area contributed by atoms with Crippen LogP contribution in [0.3, 0.4) is 0 Å². The fourth-order valence-electron chi connectivity index (χ4n) is 3.55. The molecule has 0 amide bonds. The number of hydrogen-bond donors (Lipinski definition) is 0. The number of benzene rings is 1. The first-order chi connectivity index (χ1) is 12.3. The predicted molar refractivity (Wildman–Crippen MR) is 98.3 cm³/mol. The second kappa shape index (κ2) is 7.33. The van der Waals surface area contributed by atoms with Gasteiger partial charge in [-0.2, -0.15) is 5.10 Å². The van der Waals surface area contributed by atoms with E-state index in [4.69, 9.17) is 9.72 Å². The summed E-state index contributed by atoms with van der Waals surface area (Å²) in [6.45, 7) is 5.77. The molecule has 5 heteroatoms. The van der Waals surface area contributed by atoms with Crippen LogP contribution in [0.15, 0.2) is 48.9 Å². The molecule has 0 saturated carbocycles. The van der Waals surface area contributed by atoms with Gasteiger partial charge in [-0.3, -0.25) is 4.90 Å². The molecule has 0 N–H and O–H groups in total. The summed E-state index contributed by atoms with van der Waals surface area (Å²) in [4.78, 5) is 7.21. The molecule has 1 fully saturated rings. The molecule has 1 unspecified atom stereocenters. The van der Waals surface area contributed by atoms with Crippen molar-refractivity contribution in [3.63, 3.8) is 0 Å². The Bertz CT molecular complexity index is 828. The van der Waals surface area contributed by atoms with Crippen molar-refractivity contribution < 1.29 is 4.74 Å². The van der Waals surface area contributed by atoms with Crippen LogP contribution < -0.4 is 0 Å². The van der Waals surface area contributed by atoms with Crippen molar-refractivity contribution in [3.8, 4) is 11.1 Å². The molecule has 1 atom stereocenters. The van der Waals surface area contributed by atoms with Crippen molar-refractivity contribution in [3.05, 3.63) is 54.5 Å². The van der Waals surface area contributed by atoms with E-state index in [9.17, 15) is 0 Å². The lowest BCUT2D eigenvalue weighted by Crippen LogP contribution is -2.44. The van der Waals surface area contributed by atoms with Crippen LogP contribution >= 0.6 is 0 Å². The molecule has 0 spiro atoms. The fraction of sp³-hybridized carbons (Fsp3) is 0.400. The van der Waals surface area contributed by atoms with Crippen LogP contribution in [0.4, 0.5) is 0 Å². The summed E-state index contributed by atoms with van der Waals surface area (Å²) in [5.41, 5.74) is 4.32. The normalized spacial score (nSPS) is 18.7. The predicted octanol–water partition coefficient (Wildman–Crippen LogP) is 3.40. The van der Waals surface area contributed by atoms with Crippen molar-refractivity contribution in [2.24, 2.45) is 0 Å². The Morgan fingerprint density at radius 1 is 1.20 bits per heavy atom. The number of hydrogen-bond acceptors (Lipinski definition) is 4. The molecule has 4 rings (SSSR count). The summed E-state index contributed by atoms with van der Waals surface area (Å²) in [6, 6.07) is 10.8. The monoisotopic (exact) mass is 336 g/mol. The lowest BCUT2D eigenvalue weighted by atomic mass is 10.1. The van der Waals surface area contributed by atoms with Crippen molar-refractivity contribution in [2.45, 2.75) is 32.4 Å². The van der Waals surface area contributed by atoms with Gasteiger partial charge in [-0.05, 0) is 12.0 Å². The Morgan fingerprint density at radius 2 is 2.08 bits per heavy atom. The average molecular weight is 336 g/mol. The number of rotatable bonds is 5. The molecular formula is C20H24N4O. The molecule has 1 aromatic carbocycles. The van der Waals surface area contributed by atoms with E-state index >= 15 is 0 Å². The van der Waals surface area contributed by atoms with Gasteiger partial charge in [0.2, 0.25) is 0 Å². The van der Waals surface area contributed by atoms with E-state index in [0.717, 1.165) is 43.1 Å². The van der Waals surface area contributed by atoms with Crippen molar-refractivity contribution in [1.82, 2.24) is 19.5 Å². The summed E-state index contributed by atoms with van der Waals surface area (Å²) in [5, 5.41) is 4.52. The van der Waals surface area contributed by atoms with E-state index in [1.807, 2.05) is 35.1 Å². The molecule has 0 aliphatic carbocycles. The van der Waals surface area contributed by atoms with Crippen LogP contribution in [0.5, 0.6) is 0 Å². The highest BCUT2D eigenvalue weighted by Gasteiger charge is 2.22. The average Bonchev–Trinajstić information content (AvgIpc) is 3.07. The summed E-state index contributed by atoms with van der Waals surface area (Å²) in [7, 11) is 0. The second-order valence-electron chi connectivity index (χ2n) is 6.64. The highest BCUT2D eigenvalue weighted by atomic mass is 16.5. The Kier molecular flexibility index (Phi) is 4.76. The standard InChI is InChI=1S/C20H24N4O/c1-2-6-18-15-25-10-9-23(18)13-16-11-21-20-19(12-22-24(20)14-16)17-7-4-3-5-8-17/h3-5,7-8,11-12,14,18H,2,6,9-10,13,15H2,1H3. The molecule has 1 aliphatic heterocycles. The molecular weight excluding hydrogens is 312 g/mol. The van der Waals surface area contributed by atoms with E-state index in [-0.39, 0.29) is 0 Å². The third kappa shape index (κ3) is 3.43. The van der Waals surface area contributed by atoms with Crippen LogP contribution in [-0.4, -0.2) is 45.3 Å². The molecule has 25 heavy (non-hydrogen) atoms. The van der Waals surface area contributed by atoms with Crippen LogP contribution in [0, 0.1) is 0 Å². The SMILES string of the molecule is CCCC1COCCN1Cc1cnc2c(-c3ccccc3)cnn2c1. The zero-order chi connectivity index (χ0) is 17.1. The van der Waals surface area contributed by atoms with E-state index in [1.54, 1.807) is 0 Å². The Balaban J connectivity index is 1.58. The zero-order valence-corrected chi connectivity index (χ0v) is 14.6. The highest BCUT2D eigenvalue weighted by Crippen LogP contribution is 2.23. The topological polar surface area (TPSA) is 42.7 Å². The number of nitrogens with zero attached hydrogens (tertiary/aromatic N) is 4. The lowest BCUT2D eigenvalue weighted by molar-refractivity contribution is -0.0148. The van der Waals surface area contributed by atoms with E-state index in [1.165, 1.54) is 18.4 Å². The Labute approximate surface area is 148 Å². The van der Waals surface area contributed by atoms with Gasteiger partial charge < -0.3 is 4.74 Å². The molecule has 3 heterocycles. The summed E-state index contributed by atoms with van der Waals surface area (Å²) in [5.74, 6) is 0. The second-order valence-corrected chi connectivity index (χ2v) is 6.64. The van der Waals surface area contributed by atoms with Crippen molar-refractivity contribution in [1.29, 1.82) is 0 Å². The van der Waals surface area contributed by atoms with Gasteiger partial charge in [0.1, 0.15) is 0 Å². The number of ether oxygens (including phenoxy) is 1. The molecule has 2 aromatic heterocycles. The summed E-state index contributed by atoms with van der Waals surface area (Å²) in [6.07, 6.45) is 8.35. The molecule has 0 bridgehead atoms. The van der Waals surface area contributed by atoms with Crippen LogP contribution in [0.1, 0.15) is 25.3 Å². The van der Waals surface area contributed by atoms with E-state index in [2.05, 4.69) is 35.3 Å². The first-order valence-corrected chi connectivity index (χ1v) is 9.04. The number of morpholine rings is 1. The summed E-state index contributed by atoms with van der Waals surface area (Å²) < 4.78 is 7.55. The van der Waals surface area contributed by atoms with Gasteiger partial charge in [0.05, 0.1) is 19.4 Å². The first-order valence-electron chi connectivity index (χ1n) is 9.04. The fourth-order valence-corrected chi connectivity index (χ4v) is 3.55.